The summed E-state index contributed by atoms with van der Waals surface area (Å²) in [5.41, 5.74) is 7.20. The van der Waals surface area contributed by atoms with Crippen LogP contribution >= 0.6 is 0 Å². The lowest BCUT2D eigenvalue weighted by Gasteiger charge is -2.31. The maximum absolute atomic E-state index is 12.2. The van der Waals surface area contributed by atoms with E-state index in [9.17, 15) is 9.59 Å². The lowest BCUT2D eigenvalue weighted by Crippen LogP contribution is -2.44. The topological polar surface area (TPSA) is 105 Å². The lowest BCUT2D eigenvalue weighted by molar-refractivity contribution is -0.123. The van der Waals surface area contributed by atoms with Crippen molar-refractivity contribution in [1.82, 2.24) is 20.0 Å². The zero-order valence-corrected chi connectivity index (χ0v) is 15.5. The molecule has 8 nitrogen and oxygen atoms in total. The van der Waals surface area contributed by atoms with Crippen LogP contribution in [-0.2, 0) is 11.8 Å². The third kappa shape index (κ3) is 5.07. The highest BCUT2D eigenvalue weighted by Crippen LogP contribution is 2.20. The summed E-state index contributed by atoms with van der Waals surface area (Å²) in [7, 11) is 1.79. The third-order valence-electron chi connectivity index (χ3n) is 4.81. The largest absolute Gasteiger partial charge is 0.369 e. The van der Waals surface area contributed by atoms with E-state index in [1.165, 1.54) is 0 Å². The molecule has 1 aromatic heterocycles. The van der Waals surface area contributed by atoms with Crippen LogP contribution < -0.4 is 16.4 Å². The number of hydrogen-bond acceptors (Lipinski definition) is 4. The van der Waals surface area contributed by atoms with Gasteiger partial charge in [0, 0.05) is 38.3 Å². The van der Waals surface area contributed by atoms with E-state index in [1.807, 2.05) is 36.4 Å². The fourth-order valence-electron chi connectivity index (χ4n) is 3.31. The molecule has 1 fully saturated rings. The van der Waals surface area contributed by atoms with Crippen LogP contribution in [0.25, 0.3) is 11.3 Å². The van der Waals surface area contributed by atoms with Gasteiger partial charge in [-0.25, -0.2) is 4.79 Å². The Balaban J connectivity index is 1.47. The fourth-order valence-corrected chi connectivity index (χ4v) is 3.31. The van der Waals surface area contributed by atoms with Crippen molar-refractivity contribution in [3.05, 3.63) is 36.4 Å². The molecule has 144 valence electrons. The highest BCUT2D eigenvalue weighted by atomic mass is 16.2. The Morgan fingerprint density at radius 2 is 2.07 bits per heavy atom. The van der Waals surface area contributed by atoms with E-state index >= 15 is 0 Å². The molecule has 1 aromatic carbocycles. The molecule has 0 radical (unpaired) electrons. The maximum Gasteiger partial charge on any atom is 0.320 e. The van der Waals surface area contributed by atoms with Gasteiger partial charge in [0.2, 0.25) is 5.91 Å². The Hall–Kier alpha value is -2.87. The monoisotopic (exact) mass is 370 g/mol. The van der Waals surface area contributed by atoms with Gasteiger partial charge in [-0.1, -0.05) is 30.3 Å². The van der Waals surface area contributed by atoms with Gasteiger partial charge in [0.1, 0.15) is 5.82 Å². The zero-order chi connectivity index (χ0) is 19.2. The predicted molar refractivity (Wildman–Crippen MR) is 104 cm³/mol. The molecular weight excluding hydrogens is 344 g/mol. The second kappa shape index (κ2) is 8.68. The smallest absolute Gasteiger partial charge is 0.320 e. The minimum Gasteiger partial charge on any atom is -0.369 e. The van der Waals surface area contributed by atoms with Crippen molar-refractivity contribution in [2.45, 2.75) is 12.8 Å². The molecule has 0 saturated carbocycles. The number of nitrogens with two attached hydrogens (primary N) is 1. The van der Waals surface area contributed by atoms with Gasteiger partial charge in [0.25, 0.3) is 0 Å². The van der Waals surface area contributed by atoms with Crippen LogP contribution in [0, 0.1) is 5.92 Å². The molecule has 2 aromatic rings. The summed E-state index contributed by atoms with van der Waals surface area (Å²) in [5, 5.41) is 10.1. The van der Waals surface area contributed by atoms with Crippen LogP contribution in [0.1, 0.15) is 12.8 Å². The number of carbonyl (C=O) groups excluding carboxylic acids is 2. The van der Waals surface area contributed by atoms with Crippen LogP contribution in [0.3, 0.4) is 0 Å². The third-order valence-corrected chi connectivity index (χ3v) is 4.81. The van der Waals surface area contributed by atoms with Gasteiger partial charge in [-0.3, -0.25) is 14.8 Å². The van der Waals surface area contributed by atoms with Gasteiger partial charge in [0.15, 0.2) is 0 Å². The Labute approximate surface area is 158 Å². The number of primary amides is 1. The van der Waals surface area contributed by atoms with Gasteiger partial charge < -0.3 is 16.0 Å². The standard InChI is InChI=1S/C19H26N6O2/c1-24-17(12-16(23-24)14-6-3-2-4-7-14)22-19(27)21-9-11-25-10-5-8-15(13-25)18(20)26/h2-4,6-7,12,15H,5,8-11,13H2,1H3,(H2,20,26)(H2,21,22,27)/t15-/m0/s1. The molecule has 1 aliphatic heterocycles. The average molecular weight is 370 g/mol. The molecule has 3 rings (SSSR count). The Morgan fingerprint density at radius 1 is 1.30 bits per heavy atom. The number of aryl methyl sites for hydroxylation is 1. The normalized spacial score (nSPS) is 17.4. The van der Waals surface area contributed by atoms with E-state index in [-0.39, 0.29) is 17.9 Å². The molecule has 3 amide bonds. The maximum atomic E-state index is 12.2. The van der Waals surface area contributed by atoms with Gasteiger partial charge in [-0.05, 0) is 19.4 Å². The molecule has 4 N–H and O–H groups in total. The Kier molecular flexibility index (Phi) is 6.08. The number of hydrogen-bond donors (Lipinski definition) is 3. The van der Waals surface area contributed by atoms with Crippen molar-refractivity contribution in [2.75, 3.05) is 31.5 Å². The number of carbonyl (C=O) groups is 2. The average Bonchev–Trinajstić information content (AvgIpc) is 3.03. The Morgan fingerprint density at radius 3 is 2.81 bits per heavy atom. The first-order valence-corrected chi connectivity index (χ1v) is 9.19. The van der Waals surface area contributed by atoms with Crippen LogP contribution in [0.15, 0.2) is 36.4 Å². The number of amides is 3. The van der Waals surface area contributed by atoms with Crippen molar-refractivity contribution in [2.24, 2.45) is 18.7 Å². The number of nitrogens with one attached hydrogen (secondary N) is 2. The van der Waals surface area contributed by atoms with Gasteiger partial charge in [-0.15, -0.1) is 0 Å². The molecule has 0 spiro atoms. The first-order chi connectivity index (χ1) is 13.0. The predicted octanol–water partition coefficient (Wildman–Crippen LogP) is 1.41. The lowest BCUT2D eigenvalue weighted by atomic mass is 9.97. The van der Waals surface area contributed by atoms with Crippen molar-refractivity contribution in [3.8, 4) is 11.3 Å². The van der Waals surface area contributed by atoms with E-state index in [2.05, 4.69) is 20.6 Å². The zero-order valence-electron chi connectivity index (χ0n) is 15.5. The summed E-state index contributed by atoms with van der Waals surface area (Å²) in [4.78, 5) is 25.7. The van der Waals surface area contributed by atoms with Crippen molar-refractivity contribution in [1.29, 1.82) is 0 Å². The number of aromatic nitrogens is 2. The van der Waals surface area contributed by atoms with Crippen molar-refractivity contribution in [3.63, 3.8) is 0 Å². The molecule has 0 aliphatic carbocycles. The SMILES string of the molecule is Cn1nc(-c2ccccc2)cc1NC(=O)NCCN1CCC[C@H](C(N)=O)C1. The molecular formula is C19H26N6O2. The molecule has 0 bridgehead atoms. The number of rotatable bonds is 6. The van der Waals surface area contributed by atoms with Crippen LogP contribution in [0.5, 0.6) is 0 Å². The molecule has 1 aliphatic rings. The van der Waals surface area contributed by atoms with Gasteiger partial charge >= 0.3 is 6.03 Å². The minimum absolute atomic E-state index is 0.0848. The van der Waals surface area contributed by atoms with Crippen molar-refractivity contribution >= 4 is 17.8 Å². The summed E-state index contributed by atoms with van der Waals surface area (Å²) in [6, 6.07) is 11.4. The number of urea groups is 1. The highest BCUT2D eigenvalue weighted by Gasteiger charge is 2.23. The van der Waals surface area contributed by atoms with Crippen molar-refractivity contribution < 1.29 is 9.59 Å². The molecule has 27 heavy (non-hydrogen) atoms. The van der Waals surface area contributed by atoms with Gasteiger partial charge in [-0.2, -0.15) is 5.10 Å². The summed E-state index contributed by atoms with van der Waals surface area (Å²) >= 11 is 0. The minimum atomic E-state index is -0.277. The summed E-state index contributed by atoms with van der Waals surface area (Å²) < 4.78 is 1.64. The number of benzene rings is 1. The summed E-state index contributed by atoms with van der Waals surface area (Å²) in [5.74, 6) is 0.298. The summed E-state index contributed by atoms with van der Waals surface area (Å²) in [6.07, 6.45) is 1.81. The number of likely N-dealkylation sites (tertiary alicyclic amines) is 1. The van der Waals surface area contributed by atoms with E-state index in [0.29, 0.717) is 25.5 Å². The van der Waals surface area contributed by atoms with E-state index in [4.69, 9.17) is 5.73 Å². The molecule has 1 atom stereocenters. The Bertz CT molecular complexity index is 789. The molecule has 1 saturated heterocycles. The van der Waals surface area contributed by atoms with E-state index < -0.39 is 0 Å². The summed E-state index contributed by atoms with van der Waals surface area (Å²) in [6.45, 7) is 2.79. The first-order valence-electron chi connectivity index (χ1n) is 9.19. The van der Waals surface area contributed by atoms with E-state index in [1.54, 1.807) is 11.7 Å². The molecule has 2 heterocycles. The molecule has 0 unspecified atom stereocenters. The van der Waals surface area contributed by atoms with Crippen LogP contribution in [0.2, 0.25) is 0 Å². The number of nitrogens with zero attached hydrogens (tertiary/aromatic N) is 3. The molecule has 8 heteroatoms. The second-order valence-electron chi connectivity index (χ2n) is 6.83. The van der Waals surface area contributed by atoms with Crippen LogP contribution in [0.4, 0.5) is 10.6 Å². The second-order valence-corrected chi connectivity index (χ2v) is 6.83. The fraction of sp³-hybridized carbons (Fsp3) is 0.421. The van der Waals surface area contributed by atoms with Crippen LogP contribution in [-0.4, -0.2) is 52.8 Å². The first kappa shape index (κ1) is 18.9. The van der Waals surface area contributed by atoms with E-state index in [0.717, 1.165) is 30.6 Å². The number of anilines is 1. The number of piperidine rings is 1. The quantitative estimate of drug-likeness (QED) is 0.715. The highest BCUT2D eigenvalue weighted by molar-refractivity contribution is 5.89. The van der Waals surface area contributed by atoms with Gasteiger partial charge in [0.05, 0.1) is 11.6 Å².